The lowest BCUT2D eigenvalue weighted by Crippen LogP contribution is -2.37. The van der Waals surface area contributed by atoms with E-state index in [4.69, 9.17) is 11.2 Å². The highest BCUT2D eigenvalue weighted by Gasteiger charge is 2.15. The first kappa shape index (κ1) is 21.8. The van der Waals surface area contributed by atoms with Crippen molar-refractivity contribution in [2.75, 3.05) is 24.4 Å². The molecule has 0 spiro atoms. The van der Waals surface area contributed by atoms with Gasteiger partial charge < -0.3 is 15.4 Å². The fourth-order valence-corrected chi connectivity index (χ4v) is 3.32. The van der Waals surface area contributed by atoms with Crippen LogP contribution >= 0.6 is 0 Å². The van der Waals surface area contributed by atoms with Crippen molar-refractivity contribution in [1.29, 1.82) is 0 Å². The molecule has 0 fully saturated rings. The first-order chi connectivity index (χ1) is 13.9. The van der Waals surface area contributed by atoms with E-state index in [2.05, 4.69) is 21.3 Å². The van der Waals surface area contributed by atoms with Crippen molar-refractivity contribution in [2.24, 2.45) is 0 Å². The second-order valence-electron chi connectivity index (χ2n) is 5.75. The van der Waals surface area contributed by atoms with E-state index in [1.807, 2.05) is 6.92 Å². The standard InChI is InChI=1S/C20H21N3O5S/c1-3-13-21-19(24)14-22-20(25)15-5-7-16(8-6-15)23-29(26,27)18-11-9-17(10-12-18)28-4-2/h1,5-12,23H,4,13-14H2,2H3,(H,21,24)(H,22,25). The number of ether oxygens (including phenoxy) is 1. The largest absolute Gasteiger partial charge is 0.494 e. The molecule has 3 N–H and O–H groups in total. The summed E-state index contributed by atoms with van der Waals surface area (Å²) in [6.07, 6.45) is 5.03. The molecule has 29 heavy (non-hydrogen) atoms. The third-order valence-electron chi connectivity index (χ3n) is 3.64. The number of sulfonamides is 1. The molecule has 0 saturated carbocycles. The average molecular weight is 415 g/mol. The Labute approximate surface area is 169 Å². The monoisotopic (exact) mass is 415 g/mol. The number of nitrogens with one attached hydrogen (secondary N) is 3. The zero-order valence-corrected chi connectivity index (χ0v) is 16.6. The van der Waals surface area contributed by atoms with E-state index >= 15 is 0 Å². The van der Waals surface area contributed by atoms with Gasteiger partial charge in [-0.25, -0.2) is 8.42 Å². The van der Waals surface area contributed by atoms with Crippen LogP contribution in [0.3, 0.4) is 0 Å². The summed E-state index contributed by atoms with van der Waals surface area (Å²) in [7, 11) is -3.78. The first-order valence-corrected chi connectivity index (χ1v) is 10.2. The van der Waals surface area contributed by atoms with E-state index in [-0.39, 0.29) is 23.5 Å². The molecule has 0 aliphatic heterocycles. The van der Waals surface area contributed by atoms with Gasteiger partial charge in [-0.05, 0) is 55.5 Å². The molecular weight excluding hydrogens is 394 g/mol. The lowest BCUT2D eigenvalue weighted by molar-refractivity contribution is -0.119. The van der Waals surface area contributed by atoms with E-state index in [9.17, 15) is 18.0 Å². The van der Waals surface area contributed by atoms with Gasteiger partial charge in [0, 0.05) is 11.3 Å². The normalized spacial score (nSPS) is 10.5. The van der Waals surface area contributed by atoms with Crippen LogP contribution in [0.2, 0.25) is 0 Å². The fourth-order valence-electron chi connectivity index (χ4n) is 2.26. The maximum Gasteiger partial charge on any atom is 0.261 e. The second kappa shape index (κ2) is 10.1. The van der Waals surface area contributed by atoms with Crippen molar-refractivity contribution in [3.05, 3.63) is 54.1 Å². The minimum atomic E-state index is -3.78. The van der Waals surface area contributed by atoms with Gasteiger partial charge >= 0.3 is 0 Å². The van der Waals surface area contributed by atoms with Crippen LogP contribution in [0.5, 0.6) is 5.75 Å². The number of hydrogen-bond acceptors (Lipinski definition) is 5. The fraction of sp³-hybridized carbons (Fsp3) is 0.200. The summed E-state index contributed by atoms with van der Waals surface area (Å²) in [5, 5.41) is 4.87. The summed E-state index contributed by atoms with van der Waals surface area (Å²) in [5.41, 5.74) is 0.570. The van der Waals surface area contributed by atoms with E-state index in [0.717, 1.165) is 0 Å². The van der Waals surface area contributed by atoms with E-state index < -0.39 is 21.8 Å². The number of carbonyl (C=O) groups excluding carboxylic acids is 2. The summed E-state index contributed by atoms with van der Waals surface area (Å²) < 4.78 is 32.7. The number of rotatable bonds is 9. The van der Waals surface area contributed by atoms with Gasteiger partial charge in [0.2, 0.25) is 5.91 Å². The predicted octanol–water partition coefficient (Wildman–Crippen LogP) is 1.37. The summed E-state index contributed by atoms with van der Waals surface area (Å²) in [6, 6.07) is 11.9. The zero-order chi connectivity index (χ0) is 21.3. The summed E-state index contributed by atoms with van der Waals surface area (Å²) in [4.78, 5) is 23.6. The minimum absolute atomic E-state index is 0.0812. The second-order valence-corrected chi connectivity index (χ2v) is 7.43. The van der Waals surface area contributed by atoms with Gasteiger partial charge in [0.25, 0.3) is 15.9 Å². The van der Waals surface area contributed by atoms with Gasteiger partial charge in [-0.3, -0.25) is 14.3 Å². The maximum absolute atomic E-state index is 12.5. The average Bonchev–Trinajstić information content (AvgIpc) is 2.71. The molecule has 0 radical (unpaired) electrons. The number of benzene rings is 2. The van der Waals surface area contributed by atoms with Gasteiger partial charge in [0.05, 0.1) is 24.6 Å². The molecule has 9 heteroatoms. The molecule has 0 aromatic heterocycles. The molecule has 0 saturated heterocycles. The van der Waals surface area contributed by atoms with Gasteiger partial charge in [0.1, 0.15) is 5.75 Å². The molecule has 2 aromatic carbocycles. The van der Waals surface area contributed by atoms with Gasteiger partial charge in [-0.15, -0.1) is 6.42 Å². The highest BCUT2D eigenvalue weighted by molar-refractivity contribution is 7.92. The molecule has 2 aromatic rings. The Hall–Kier alpha value is -3.51. The minimum Gasteiger partial charge on any atom is -0.494 e. The Morgan fingerprint density at radius 3 is 2.28 bits per heavy atom. The SMILES string of the molecule is C#CCNC(=O)CNC(=O)c1ccc(NS(=O)(=O)c2ccc(OCC)cc2)cc1. The van der Waals surface area contributed by atoms with Crippen LogP contribution in [0.15, 0.2) is 53.4 Å². The molecule has 2 rings (SSSR count). The number of terminal acetylenes is 1. The van der Waals surface area contributed by atoms with Crippen molar-refractivity contribution >= 4 is 27.5 Å². The Bertz CT molecular complexity index is 994. The Balaban J connectivity index is 1.98. The van der Waals surface area contributed by atoms with Crippen molar-refractivity contribution in [3.63, 3.8) is 0 Å². The topological polar surface area (TPSA) is 114 Å². The van der Waals surface area contributed by atoms with Crippen LogP contribution in [0.1, 0.15) is 17.3 Å². The number of carbonyl (C=O) groups is 2. The zero-order valence-electron chi connectivity index (χ0n) is 15.8. The van der Waals surface area contributed by atoms with Crippen molar-refractivity contribution < 1.29 is 22.7 Å². The van der Waals surface area contributed by atoms with E-state index in [0.29, 0.717) is 18.0 Å². The van der Waals surface area contributed by atoms with Gasteiger partial charge in [-0.2, -0.15) is 0 Å². The van der Waals surface area contributed by atoms with Crippen LogP contribution in [0, 0.1) is 12.3 Å². The van der Waals surface area contributed by atoms with Crippen LogP contribution in [-0.2, 0) is 14.8 Å². The van der Waals surface area contributed by atoms with Crippen LogP contribution in [0.25, 0.3) is 0 Å². The lowest BCUT2D eigenvalue weighted by atomic mass is 10.2. The van der Waals surface area contributed by atoms with E-state index in [1.54, 1.807) is 12.1 Å². The molecule has 0 unspecified atom stereocenters. The first-order valence-electron chi connectivity index (χ1n) is 8.70. The molecular formula is C20H21N3O5S. The molecule has 152 valence electrons. The highest BCUT2D eigenvalue weighted by Crippen LogP contribution is 2.19. The van der Waals surface area contributed by atoms with Crippen molar-refractivity contribution in [2.45, 2.75) is 11.8 Å². The summed E-state index contributed by atoms with van der Waals surface area (Å²) in [6.45, 7) is 2.19. The third-order valence-corrected chi connectivity index (χ3v) is 5.04. The molecule has 0 atom stereocenters. The van der Waals surface area contributed by atoms with Crippen molar-refractivity contribution in [3.8, 4) is 18.1 Å². The number of amides is 2. The van der Waals surface area contributed by atoms with Crippen molar-refractivity contribution in [1.82, 2.24) is 10.6 Å². The number of hydrogen-bond donors (Lipinski definition) is 3. The van der Waals surface area contributed by atoms with Crippen LogP contribution in [-0.4, -0.2) is 39.9 Å². The molecule has 0 bridgehead atoms. The smallest absolute Gasteiger partial charge is 0.261 e. The van der Waals surface area contributed by atoms with Crippen LogP contribution < -0.4 is 20.1 Å². The molecule has 2 amide bonds. The highest BCUT2D eigenvalue weighted by atomic mass is 32.2. The third kappa shape index (κ3) is 6.55. The number of anilines is 1. The van der Waals surface area contributed by atoms with Gasteiger partial charge in [0.15, 0.2) is 0 Å². The Morgan fingerprint density at radius 1 is 1.03 bits per heavy atom. The summed E-state index contributed by atoms with van der Waals surface area (Å²) >= 11 is 0. The molecule has 0 heterocycles. The maximum atomic E-state index is 12.5. The molecule has 0 aliphatic carbocycles. The summed E-state index contributed by atoms with van der Waals surface area (Å²) in [5.74, 6) is 1.96. The predicted molar refractivity (Wildman–Crippen MR) is 109 cm³/mol. The molecule has 8 nitrogen and oxygen atoms in total. The Kier molecular flexibility index (Phi) is 7.62. The quantitative estimate of drug-likeness (QED) is 0.535. The Morgan fingerprint density at radius 2 is 1.69 bits per heavy atom. The molecule has 0 aliphatic rings. The van der Waals surface area contributed by atoms with Gasteiger partial charge in [-0.1, -0.05) is 5.92 Å². The lowest BCUT2D eigenvalue weighted by Gasteiger charge is -2.10. The van der Waals surface area contributed by atoms with Crippen LogP contribution in [0.4, 0.5) is 5.69 Å². The van der Waals surface area contributed by atoms with E-state index in [1.165, 1.54) is 36.4 Å².